The normalized spacial score (nSPS) is 10.6. The van der Waals surface area contributed by atoms with Crippen molar-refractivity contribution < 1.29 is 9.21 Å². The molecule has 0 saturated carbocycles. The summed E-state index contributed by atoms with van der Waals surface area (Å²) in [5.41, 5.74) is 0.705. The molecular weight excluding hydrogens is 234 g/mol. The number of carbonyl (C=O) groups excluding carboxylic acids is 1. The zero-order valence-corrected chi connectivity index (χ0v) is 10.4. The van der Waals surface area contributed by atoms with Crippen LogP contribution in [0.15, 0.2) is 16.7 Å². The largest absolute Gasteiger partial charge is 0.401 e. The van der Waals surface area contributed by atoms with Gasteiger partial charge in [-0.2, -0.15) is 5.10 Å². The summed E-state index contributed by atoms with van der Waals surface area (Å²) in [4.78, 5) is 11.5. The number of hydrogen-bond acceptors (Lipinski definition) is 5. The Labute approximate surface area is 104 Å². The van der Waals surface area contributed by atoms with Gasteiger partial charge in [0, 0.05) is 19.7 Å². The Balaban J connectivity index is 2.03. The molecule has 0 saturated heterocycles. The molecule has 1 amide bonds. The minimum absolute atomic E-state index is 0.114. The van der Waals surface area contributed by atoms with Gasteiger partial charge in [-0.15, -0.1) is 5.10 Å². The second-order valence-electron chi connectivity index (χ2n) is 3.90. The van der Waals surface area contributed by atoms with E-state index in [-0.39, 0.29) is 11.9 Å². The molecule has 0 bridgehead atoms. The average Bonchev–Trinajstić information content (AvgIpc) is 2.95. The fourth-order valence-corrected chi connectivity index (χ4v) is 1.48. The Morgan fingerprint density at radius 2 is 2.33 bits per heavy atom. The molecule has 0 unspecified atom stereocenters. The summed E-state index contributed by atoms with van der Waals surface area (Å²) in [6.45, 7) is 2.03. The highest BCUT2D eigenvalue weighted by atomic mass is 16.4. The van der Waals surface area contributed by atoms with Gasteiger partial charge in [0.15, 0.2) is 0 Å². The lowest BCUT2D eigenvalue weighted by molar-refractivity contribution is -0.116. The third-order valence-electron chi connectivity index (χ3n) is 2.47. The summed E-state index contributed by atoms with van der Waals surface area (Å²) in [6.07, 6.45) is 3.91. The number of nitrogens with zero attached hydrogens (tertiary/aromatic N) is 4. The van der Waals surface area contributed by atoms with Crippen molar-refractivity contribution in [1.82, 2.24) is 20.0 Å². The molecule has 1 N–H and O–H groups in total. The second-order valence-corrected chi connectivity index (χ2v) is 3.90. The topological polar surface area (TPSA) is 85.8 Å². The van der Waals surface area contributed by atoms with Crippen molar-refractivity contribution in [2.45, 2.75) is 26.2 Å². The molecule has 2 heterocycles. The van der Waals surface area contributed by atoms with Crippen molar-refractivity contribution in [3.05, 3.63) is 12.3 Å². The second kappa shape index (κ2) is 5.44. The molecule has 0 aliphatic rings. The lowest BCUT2D eigenvalue weighted by Crippen LogP contribution is -2.11. The maximum absolute atomic E-state index is 11.5. The predicted molar refractivity (Wildman–Crippen MR) is 64.7 cm³/mol. The van der Waals surface area contributed by atoms with Crippen molar-refractivity contribution in [3.8, 4) is 11.6 Å². The van der Waals surface area contributed by atoms with Crippen molar-refractivity contribution in [3.63, 3.8) is 0 Å². The van der Waals surface area contributed by atoms with Crippen LogP contribution in [0.3, 0.4) is 0 Å². The molecule has 96 valence electrons. The van der Waals surface area contributed by atoms with Crippen LogP contribution in [0.25, 0.3) is 11.6 Å². The molecule has 0 aliphatic heterocycles. The number of anilines is 1. The van der Waals surface area contributed by atoms with Gasteiger partial charge in [-0.3, -0.25) is 14.8 Å². The van der Waals surface area contributed by atoms with E-state index in [9.17, 15) is 4.79 Å². The van der Waals surface area contributed by atoms with Crippen LogP contribution in [-0.4, -0.2) is 25.9 Å². The summed E-state index contributed by atoms with van der Waals surface area (Å²) in [6, 6.07) is 1.88. The zero-order valence-electron chi connectivity index (χ0n) is 10.4. The van der Waals surface area contributed by atoms with Crippen LogP contribution in [0, 0.1) is 0 Å². The number of aryl methyl sites for hydroxylation is 1. The summed E-state index contributed by atoms with van der Waals surface area (Å²) >= 11 is 0. The van der Waals surface area contributed by atoms with Crippen LogP contribution in [-0.2, 0) is 11.8 Å². The molecule has 2 aromatic rings. The summed E-state index contributed by atoms with van der Waals surface area (Å²) in [5.74, 6) is 0.220. The van der Waals surface area contributed by atoms with Crippen LogP contribution in [0.1, 0.15) is 26.2 Å². The summed E-state index contributed by atoms with van der Waals surface area (Å²) in [5, 5.41) is 14.2. The van der Waals surface area contributed by atoms with Crippen molar-refractivity contribution >= 4 is 11.9 Å². The number of unbranched alkanes of at least 4 members (excludes halogenated alkanes) is 1. The lowest BCUT2D eigenvalue weighted by Gasteiger charge is -1.98. The van der Waals surface area contributed by atoms with Gasteiger partial charge in [0.25, 0.3) is 5.89 Å². The number of amides is 1. The van der Waals surface area contributed by atoms with Crippen LogP contribution in [0.2, 0.25) is 0 Å². The first-order valence-corrected chi connectivity index (χ1v) is 5.82. The van der Waals surface area contributed by atoms with E-state index in [0.717, 1.165) is 12.8 Å². The molecule has 0 atom stereocenters. The highest BCUT2D eigenvalue weighted by Gasteiger charge is 2.13. The summed E-state index contributed by atoms with van der Waals surface area (Å²) < 4.78 is 6.97. The van der Waals surface area contributed by atoms with Crippen LogP contribution in [0.5, 0.6) is 0 Å². The Morgan fingerprint density at radius 1 is 1.50 bits per heavy atom. The molecule has 0 spiro atoms. The zero-order chi connectivity index (χ0) is 13.0. The number of carbonyl (C=O) groups is 1. The smallest absolute Gasteiger partial charge is 0.322 e. The highest BCUT2D eigenvalue weighted by molar-refractivity contribution is 5.88. The van der Waals surface area contributed by atoms with Crippen molar-refractivity contribution in [2.75, 3.05) is 5.32 Å². The van der Waals surface area contributed by atoms with Crippen molar-refractivity contribution in [2.24, 2.45) is 7.05 Å². The Morgan fingerprint density at radius 3 is 3.00 bits per heavy atom. The van der Waals surface area contributed by atoms with Crippen molar-refractivity contribution in [1.29, 1.82) is 0 Å². The van der Waals surface area contributed by atoms with Gasteiger partial charge >= 0.3 is 6.01 Å². The van der Waals surface area contributed by atoms with E-state index in [1.807, 2.05) is 6.92 Å². The van der Waals surface area contributed by atoms with E-state index >= 15 is 0 Å². The molecule has 0 fully saturated rings. The van der Waals surface area contributed by atoms with Gasteiger partial charge in [-0.05, 0) is 12.5 Å². The Kier molecular flexibility index (Phi) is 3.71. The third kappa shape index (κ3) is 2.73. The van der Waals surface area contributed by atoms with E-state index in [0.29, 0.717) is 18.0 Å². The molecule has 0 radical (unpaired) electrons. The van der Waals surface area contributed by atoms with E-state index < -0.39 is 0 Å². The standard InChI is InChI=1S/C11H15N5O2/c1-3-4-5-9(17)13-11-15-14-10(18-11)8-6-7-12-16(8)2/h6-7H,3-5H2,1-2H3,(H,13,15,17). The predicted octanol–water partition coefficient (Wildman–Crippen LogP) is 1.60. The summed E-state index contributed by atoms with van der Waals surface area (Å²) in [7, 11) is 1.78. The number of rotatable bonds is 5. The highest BCUT2D eigenvalue weighted by Crippen LogP contribution is 2.18. The first-order chi connectivity index (χ1) is 8.70. The fraction of sp³-hybridized carbons (Fsp3) is 0.455. The van der Waals surface area contributed by atoms with Crippen LogP contribution < -0.4 is 5.32 Å². The molecule has 7 heteroatoms. The lowest BCUT2D eigenvalue weighted by atomic mass is 10.2. The SMILES string of the molecule is CCCCC(=O)Nc1nnc(-c2ccnn2C)o1. The van der Waals surface area contributed by atoms with Gasteiger partial charge < -0.3 is 4.42 Å². The third-order valence-corrected chi connectivity index (χ3v) is 2.47. The minimum Gasteiger partial charge on any atom is -0.401 e. The van der Waals surface area contributed by atoms with Gasteiger partial charge in [-0.25, -0.2) is 0 Å². The molecule has 2 aromatic heterocycles. The molecular formula is C11H15N5O2. The average molecular weight is 249 g/mol. The van der Waals surface area contributed by atoms with E-state index in [1.54, 1.807) is 24.0 Å². The molecule has 18 heavy (non-hydrogen) atoms. The van der Waals surface area contributed by atoms with Gasteiger partial charge in [0.05, 0.1) is 0 Å². The quantitative estimate of drug-likeness (QED) is 0.869. The number of nitrogens with one attached hydrogen (secondary N) is 1. The molecule has 0 aromatic carbocycles. The molecule has 2 rings (SSSR count). The fourth-order valence-electron chi connectivity index (χ4n) is 1.48. The first kappa shape index (κ1) is 12.3. The van der Waals surface area contributed by atoms with Crippen LogP contribution >= 0.6 is 0 Å². The monoisotopic (exact) mass is 249 g/mol. The van der Waals surface area contributed by atoms with E-state index in [4.69, 9.17) is 4.42 Å². The Bertz CT molecular complexity index is 531. The number of hydrogen-bond donors (Lipinski definition) is 1. The Hall–Kier alpha value is -2.18. The van der Waals surface area contributed by atoms with Gasteiger partial charge in [-0.1, -0.05) is 18.4 Å². The molecule has 7 nitrogen and oxygen atoms in total. The van der Waals surface area contributed by atoms with Gasteiger partial charge in [0.1, 0.15) is 5.69 Å². The minimum atomic E-state index is -0.114. The van der Waals surface area contributed by atoms with Gasteiger partial charge in [0.2, 0.25) is 5.91 Å². The van der Waals surface area contributed by atoms with E-state index in [2.05, 4.69) is 20.6 Å². The van der Waals surface area contributed by atoms with Crippen LogP contribution in [0.4, 0.5) is 6.01 Å². The van der Waals surface area contributed by atoms with E-state index in [1.165, 1.54) is 0 Å². The maximum Gasteiger partial charge on any atom is 0.322 e. The molecule has 0 aliphatic carbocycles. The first-order valence-electron chi connectivity index (χ1n) is 5.82. The number of aromatic nitrogens is 4. The maximum atomic E-state index is 11.5.